The number of hydrogen-bond donors (Lipinski definition) is 1. The molecule has 0 unspecified atom stereocenters. The lowest BCUT2D eigenvalue weighted by Gasteiger charge is -2.36. The standard InChI is InChI=1S/C21H31N5O2/c1-3-22-21(23-10-6-15-27-20-8-5-4-7-18(20)2)26-13-11-25(12-14-26)17-19-9-16-28-24-19/h4-5,7-9,16H,3,6,10-15,17H2,1-2H3,(H,22,23). The molecule has 1 aromatic carbocycles. The van der Waals surface area contributed by atoms with E-state index in [-0.39, 0.29) is 0 Å². The number of ether oxygens (including phenoxy) is 1. The number of guanidine groups is 1. The molecule has 1 aliphatic heterocycles. The molecule has 2 aromatic rings. The van der Waals surface area contributed by atoms with E-state index < -0.39 is 0 Å². The molecule has 7 heteroatoms. The highest BCUT2D eigenvalue weighted by atomic mass is 16.5. The van der Waals surface area contributed by atoms with Gasteiger partial charge in [-0.25, -0.2) is 0 Å². The molecular formula is C21H31N5O2. The van der Waals surface area contributed by atoms with Crippen molar-refractivity contribution in [1.82, 2.24) is 20.3 Å². The van der Waals surface area contributed by atoms with Crippen LogP contribution < -0.4 is 10.1 Å². The average Bonchev–Trinajstić information content (AvgIpc) is 3.22. The summed E-state index contributed by atoms with van der Waals surface area (Å²) in [5.74, 6) is 1.96. The molecule has 1 aliphatic rings. The van der Waals surface area contributed by atoms with Gasteiger partial charge in [0.15, 0.2) is 5.96 Å². The molecule has 0 amide bonds. The molecule has 1 aromatic heterocycles. The summed E-state index contributed by atoms with van der Waals surface area (Å²) >= 11 is 0. The van der Waals surface area contributed by atoms with Crippen LogP contribution in [-0.4, -0.2) is 66.8 Å². The Hall–Kier alpha value is -2.54. The van der Waals surface area contributed by atoms with Crippen LogP contribution in [0.3, 0.4) is 0 Å². The Morgan fingerprint density at radius 3 is 2.75 bits per heavy atom. The lowest BCUT2D eigenvalue weighted by Crippen LogP contribution is -2.52. The number of aryl methyl sites for hydroxylation is 1. The molecule has 152 valence electrons. The van der Waals surface area contributed by atoms with Gasteiger partial charge >= 0.3 is 0 Å². The minimum absolute atomic E-state index is 0.680. The van der Waals surface area contributed by atoms with Crippen molar-refractivity contribution in [2.75, 3.05) is 45.9 Å². The number of aromatic nitrogens is 1. The summed E-state index contributed by atoms with van der Waals surface area (Å²) in [6.07, 6.45) is 2.53. The Balaban J connectivity index is 1.42. The number of aliphatic imine (C=N–C) groups is 1. The first-order chi connectivity index (χ1) is 13.8. The van der Waals surface area contributed by atoms with Gasteiger partial charge in [0.1, 0.15) is 12.0 Å². The number of hydrogen-bond acceptors (Lipinski definition) is 5. The van der Waals surface area contributed by atoms with E-state index in [0.717, 1.165) is 69.6 Å². The Morgan fingerprint density at radius 2 is 2.04 bits per heavy atom. The van der Waals surface area contributed by atoms with Crippen LogP contribution in [-0.2, 0) is 6.54 Å². The molecule has 28 heavy (non-hydrogen) atoms. The normalized spacial score (nSPS) is 15.6. The lowest BCUT2D eigenvalue weighted by atomic mass is 10.2. The van der Waals surface area contributed by atoms with E-state index in [1.165, 1.54) is 5.56 Å². The fourth-order valence-electron chi connectivity index (χ4n) is 3.24. The zero-order chi connectivity index (χ0) is 19.6. The van der Waals surface area contributed by atoms with E-state index in [9.17, 15) is 0 Å². The van der Waals surface area contributed by atoms with Crippen molar-refractivity contribution in [2.24, 2.45) is 4.99 Å². The van der Waals surface area contributed by atoms with Crippen LogP contribution in [0.25, 0.3) is 0 Å². The Labute approximate surface area is 167 Å². The van der Waals surface area contributed by atoms with Crippen LogP contribution in [0.5, 0.6) is 5.75 Å². The third-order valence-corrected chi connectivity index (χ3v) is 4.80. The Kier molecular flexibility index (Phi) is 7.72. The van der Waals surface area contributed by atoms with Gasteiger partial charge in [-0.1, -0.05) is 23.4 Å². The Morgan fingerprint density at radius 1 is 1.21 bits per heavy atom. The molecule has 0 saturated carbocycles. The zero-order valence-corrected chi connectivity index (χ0v) is 16.9. The topological polar surface area (TPSA) is 66.1 Å². The zero-order valence-electron chi connectivity index (χ0n) is 16.9. The molecule has 0 radical (unpaired) electrons. The second-order valence-electron chi connectivity index (χ2n) is 6.96. The van der Waals surface area contributed by atoms with Crippen molar-refractivity contribution in [3.8, 4) is 5.75 Å². The summed E-state index contributed by atoms with van der Waals surface area (Å²) in [6, 6.07) is 10.0. The van der Waals surface area contributed by atoms with Crippen LogP contribution in [0.4, 0.5) is 0 Å². The van der Waals surface area contributed by atoms with Crippen molar-refractivity contribution < 1.29 is 9.26 Å². The smallest absolute Gasteiger partial charge is 0.194 e. The first-order valence-corrected chi connectivity index (χ1v) is 10.1. The van der Waals surface area contributed by atoms with Crippen LogP contribution in [0.2, 0.25) is 0 Å². The van der Waals surface area contributed by atoms with Crippen molar-refractivity contribution in [3.05, 3.63) is 47.9 Å². The molecule has 0 aliphatic carbocycles. The van der Waals surface area contributed by atoms with Gasteiger partial charge in [-0.15, -0.1) is 0 Å². The maximum Gasteiger partial charge on any atom is 0.194 e. The third-order valence-electron chi connectivity index (χ3n) is 4.80. The van der Waals surface area contributed by atoms with Gasteiger partial charge in [-0.3, -0.25) is 9.89 Å². The number of rotatable bonds is 8. The predicted molar refractivity (Wildman–Crippen MR) is 111 cm³/mol. The molecule has 1 N–H and O–H groups in total. The van der Waals surface area contributed by atoms with Gasteiger partial charge in [-0.05, 0) is 25.5 Å². The van der Waals surface area contributed by atoms with Gasteiger partial charge in [-0.2, -0.15) is 0 Å². The monoisotopic (exact) mass is 385 g/mol. The predicted octanol–water partition coefficient (Wildman–Crippen LogP) is 2.54. The van der Waals surface area contributed by atoms with Crippen LogP contribution >= 0.6 is 0 Å². The van der Waals surface area contributed by atoms with Crippen molar-refractivity contribution >= 4 is 5.96 Å². The minimum atomic E-state index is 0.680. The molecular weight excluding hydrogens is 354 g/mol. The highest BCUT2D eigenvalue weighted by Crippen LogP contribution is 2.16. The van der Waals surface area contributed by atoms with Gasteiger partial charge in [0.05, 0.1) is 12.3 Å². The second kappa shape index (κ2) is 10.7. The molecule has 0 atom stereocenters. The Bertz CT molecular complexity index is 724. The summed E-state index contributed by atoms with van der Waals surface area (Å²) in [5, 5.41) is 7.42. The van der Waals surface area contributed by atoms with E-state index in [1.807, 2.05) is 24.3 Å². The van der Waals surface area contributed by atoms with Crippen molar-refractivity contribution in [1.29, 1.82) is 0 Å². The second-order valence-corrected chi connectivity index (χ2v) is 6.96. The van der Waals surface area contributed by atoms with Gasteiger partial charge in [0.2, 0.25) is 0 Å². The molecule has 1 saturated heterocycles. The lowest BCUT2D eigenvalue weighted by molar-refractivity contribution is 0.169. The molecule has 0 bridgehead atoms. The number of piperazine rings is 1. The number of para-hydroxylation sites is 1. The summed E-state index contributed by atoms with van der Waals surface area (Å²) in [4.78, 5) is 9.53. The number of nitrogens with zero attached hydrogens (tertiary/aromatic N) is 4. The molecule has 7 nitrogen and oxygen atoms in total. The van der Waals surface area contributed by atoms with E-state index >= 15 is 0 Å². The minimum Gasteiger partial charge on any atom is -0.493 e. The van der Waals surface area contributed by atoms with Gasteiger partial charge in [0.25, 0.3) is 0 Å². The molecule has 0 spiro atoms. The number of benzene rings is 1. The van der Waals surface area contributed by atoms with E-state index in [4.69, 9.17) is 14.3 Å². The van der Waals surface area contributed by atoms with E-state index in [2.05, 4.69) is 40.2 Å². The van der Waals surface area contributed by atoms with Gasteiger partial charge in [0, 0.05) is 58.3 Å². The molecule has 2 heterocycles. The molecule has 3 rings (SSSR count). The third kappa shape index (κ3) is 5.99. The van der Waals surface area contributed by atoms with Gasteiger partial charge < -0.3 is 19.5 Å². The summed E-state index contributed by atoms with van der Waals surface area (Å²) in [7, 11) is 0. The fraction of sp³-hybridized carbons (Fsp3) is 0.524. The average molecular weight is 386 g/mol. The van der Waals surface area contributed by atoms with Crippen LogP contribution in [0.15, 0.2) is 46.1 Å². The first-order valence-electron chi connectivity index (χ1n) is 10.1. The highest BCUT2D eigenvalue weighted by Gasteiger charge is 2.20. The summed E-state index contributed by atoms with van der Waals surface area (Å²) < 4.78 is 10.8. The molecule has 1 fully saturated rings. The fourth-order valence-corrected chi connectivity index (χ4v) is 3.24. The van der Waals surface area contributed by atoms with Crippen LogP contribution in [0, 0.1) is 6.92 Å². The largest absolute Gasteiger partial charge is 0.493 e. The summed E-state index contributed by atoms with van der Waals surface area (Å²) in [6.45, 7) is 11.2. The SMILES string of the molecule is CCNC(=NCCCOc1ccccc1C)N1CCN(Cc2ccon2)CC1. The maximum atomic E-state index is 5.86. The maximum absolute atomic E-state index is 5.86. The van der Waals surface area contributed by atoms with Crippen molar-refractivity contribution in [2.45, 2.75) is 26.8 Å². The summed E-state index contributed by atoms with van der Waals surface area (Å²) in [5.41, 5.74) is 2.16. The first kappa shape index (κ1) is 20.2. The van der Waals surface area contributed by atoms with Crippen molar-refractivity contribution in [3.63, 3.8) is 0 Å². The highest BCUT2D eigenvalue weighted by molar-refractivity contribution is 5.80. The van der Waals surface area contributed by atoms with E-state index in [0.29, 0.717) is 6.61 Å². The number of nitrogens with one attached hydrogen (secondary N) is 1. The van der Waals surface area contributed by atoms with E-state index in [1.54, 1.807) is 6.26 Å². The van der Waals surface area contributed by atoms with Crippen LogP contribution in [0.1, 0.15) is 24.6 Å². The quantitative estimate of drug-likeness (QED) is 0.428.